The quantitative estimate of drug-likeness (QED) is 0.836. The molecule has 116 valence electrons. The van der Waals surface area contributed by atoms with E-state index in [1.54, 1.807) is 24.3 Å². The molecule has 1 rings (SSSR count). The van der Waals surface area contributed by atoms with Gasteiger partial charge in [-0.05, 0) is 40.1 Å². The third-order valence-corrected chi connectivity index (χ3v) is 3.49. The summed E-state index contributed by atoms with van der Waals surface area (Å²) in [5.74, 6) is -1.05. The van der Waals surface area contributed by atoms with Gasteiger partial charge in [0.1, 0.15) is 6.54 Å². The molecule has 0 aliphatic heterocycles. The fraction of sp³-hybridized carbons (Fsp3) is 0.467. The second-order valence-electron chi connectivity index (χ2n) is 5.68. The van der Waals surface area contributed by atoms with Gasteiger partial charge in [-0.25, -0.2) is 4.79 Å². The maximum absolute atomic E-state index is 12.3. The number of hydrogen-bond donors (Lipinski definition) is 2. The summed E-state index contributed by atoms with van der Waals surface area (Å²) in [6.45, 7) is 4.04. The first-order valence-corrected chi connectivity index (χ1v) is 6.73. The summed E-state index contributed by atoms with van der Waals surface area (Å²) in [4.78, 5) is 26.5. The van der Waals surface area contributed by atoms with Gasteiger partial charge in [-0.1, -0.05) is 18.2 Å². The third kappa shape index (κ3) is 5.07. The van der Waals surface area contributed by atoms with Gasteiger partial charge < -0.3 is 15.3 Å². The van der Waals surface area contributed by atoms with E-state index in [0.29, 0.717) is 12.2 Å². The monoisotopic (exact) mass is 293 g/mol. The Morgan fingerprint density at radius 3 is 2.24 bits per heavy atom. The Morgan fingerprint density at radius 1 is 1.19 bits per heavy atom. The van der Waals surface area contributed by atoms with E-state index in [9.17, 15) is 9.59 Å². The van der Waals surface area contributed by atoms with Gasteiger partial charge in [0.25, 0.3) is 0 Å². The van der Waals surface area contributed by atoms with Crippen molar-refractivity contribution in [1.82, 2.24) is 10.2 Å². The van der Waals surface area contributed by atoms with Crippen molar-refractivity contribution in [2.45, 2.75) is 19.4 Å². The van der Waals surface area contributed by atoms with E-state index < -0.39 is 12.0 Å². The fourth-order valence-corrected chi connectivity index (χ4v) is 1.57. The van der Waals surface area contributed by atoms with Crippen LogP contribution >= 0.6 is 0 Å². The largest absolute Gasteiger partial charge is 0.480 e. The van der Waals surface area contributed by atoms with Crippen molar-refractivity contribution >= 4 is 17.7 Å². The Morgan fingerprint density at radius 2 is 1.76 bits per heavy atom. The van der Waals surface area contributed by atoms with Crippen molar-refractivity contribution in [2.24, 2.45) is 0 Å². The van der Waals surface area contributed by atoms with Gasteiger partial charge in [0, 0.05) is 17.8 Å². The van der Waals surface area contributed by atoms with E-state index in [1.165, 1.54) is 4.90 Å². The lowest BCUT2D eigenvalue weighted by molar-refractivity contribution is -0.135. The Hall–Kier alpha value is -2.08. The van der Waals surface area contributed by atoms with Gasteiger partial charge in [-0.15, -0.1) is 0 Å². The number of benzene rings is 1. The average molecular weight is 293 g/mol. The zero-order valence-electron chi connectivity index (χ0n) is 13.0. The number of carboxylic acids is 1. The highest BCUT2D eigenvalue weighted by Gasteiger charge is 2.24. The summed E-state index contributed by atoms with van der Waals surface area (Å²) >= 11 is 0. The number of para-hydroxylation sites is 1. The molecule has 21 heavy (non-hydrogen) atoms. The van der Waals surface area contributed by atoms with Crippen LogP contribution in [0.2, 0.25) is 0 Å². The summed E-state index contributed by atoms with van der Waals surface area (Å²) in [7, 11) is 3.86. The molecule has 0 bridgehead atoms. The zero-order valence-corrected chi connectivity index (χ0v) is 13.0. The van der Waals surface area contributed by atoms with Crippen LogP contribution in [0.15, 0.2) is 30.3 Å². The Balaban J connectivity index is 2.80. The zero-order chi connectivity index (χ0) is 16.0. The van der Waals surface area contributed by atoms with Crippen LogP contribution in [0.4, 0.5) is 10.5 Å². The normalized spacial score (nSPS) is 11.3. The number of aliphatic carboxylic acids is 1. The SMILES string of the molecule is CN(C)C(C)(C)CNC(=O)N(CC(=O)O)c1ccccc1. The molecule has 1 aromatic carbocycles. The Bertz CT molecular complexity index is 486. The lowest BCUT2D eigenvalue weighted by Gasteiger charge is -2.33. The molecule has 2 amide bonds. The minimum absolute atomic E-state index is 0.221. The van der Waals surface area contributed by atoms with Crippen LogP contribution in [0.25, 0.3) is 0 Å². The number of likely N-dealkylation sites (N-methyl/N-ethyl adjacent to an activating group) is 1. The first-order chi connectivity index (χ1) is 9.74. The number of anilines is 1. The molecule has 0 unspecified atom stereocenters. The number of urea groups is 1. The maximum Gasteiger partial charge on any atom is 0.323 e. The molecule has 6 nitrogen and oxygen atoms in total. The summed E-state index contributed by atoms with van der Waals surface area (Å²) in [6, 6.07) is 8.34. The van der Waals surface area contributed by atoms with Crippen LogP contribution in [-0.4, -0.2) is 54.7 Å². The van der Waals surface area contributed by atoms with Crippen LogP contribution in [0.5, 0.6) is 0 Å². The fourth-order valence-electron chi connectivity index (χ4n) is 1.57. The molecule has 0 heterocycles. The van der Waals surface area contributed by atoms with Crippen molar-refractivity contribution in [3.63, 3.8) is 0 Å². The van der Waals surface area contributed by atoms with Crippen molar-refractivity contribution in [3.05, 3.63) is 30.3 Å². The highest BCUT2D eigenvalue weighted by molar-refractivity contribution is 5.96. The number of nitrogens with zero attached hydrogens (tertiary/aromatic N) is 2. The molecule has 0 aliphatic rings. The second-order valence-corrected chi connectivity index (χ2v) is 5.68. The molecule has 0 atom stereocenters. The molecule has 0 saturated carbocycles. The number of hydrogen-bond acceptors (Lipinski definition) is 3. The number of rotatable bonds is 6. The van der Waals surface area contributed by atoms with Crippen LogP contribution < -0.4 is 10.2 Å². The van der Waals surface area contributed by atoms with E-state index in [0.717, 1.165) is 0 Å². The predicted octanol–water partition coefficient (Wildman–Crippen LogP) is 1.63. The van der Waals surface area contributed by atoms with Gasteiger partial charge >= 0.3 is 12.0 Å². The molecule has 0 fully saturated rings. The molecule has 0 saturated heterocycles. The van der Waals surface area contributed by atoms with E-state index in [1.807, 2.05) is 38.9 Å². The molecular weight excluding hydrogens is 270 g/mol. The number of nitrogens with one attached hydrogen (secondary N) is 1. The minimum atomic E-state index is -1.05. The highest BCUT2D eigenvalue weighted by atomic mass is 16.4. The molecule has 6 heteroatoms. The lowest BCUT2D eigenvalue weighted by Crippen LogP contribution is -2.52. The summed E-state index contributed by atoms with van der Waals surface area (Å²) in [5.41, 5.74) is 0.335. The summed E-state index contributed by atoms with van der Waals surface area (Å²) in [6.07, 6.45) is 0. The molecule has 0 radical (unpaired) electrons. The standard InChI is InChI=1S/C15H23N3O3/c1-15(2,17(3)4)11-16-14(21)18(10-13(19)20)12-8-6-5-7-9-12/h5-9H,10-11H2,1-4H3,(H,16,21)(H,19,20). The smallest absolute Gasteiger partial charge is 0.323 e. The van der Waals surface area contributed by atoms with E-state index >= 15 is 0 Å². The number of amides is 2. The summed E-state index contributed by atoms with van der Waals surface area (Å²) < 4.78 is 0. The molecule has 1 aromatic rings. The van der Waals surface area contributed by atoms with Crippen molar-refractivity contribution in [2.75, 3.05) is 32.1 Å². The lowest BCUT2D eigenvalue weighted by atomic mass is 10.0. The third-order valence-electron chi connectivity index (χ3n) is 3.49. The van der Waals surface area contributed by atoms with Gasteiger partial charge in [-0.3, -0.25) is 9.69 Å². The van der Waals surface area contributed by atoms with Gasteiger partial charge in [0.05, 0.1) is 0 Å². The van der Waals surface area contributed by atoms with E-state index in [4.69, 9.17) is 5.11 Å². The van der Waals surface area contributed by atoms with Gasteiger partial charge in [-0.2, -0.15) is 0 Å². The van der Waals surface area contributed by atoms with E-state index in [2.05, 4.69) is 5.32 Å². The van der Waals surface area contributed by atoms with Gasteiger partial charge in [0.2, 0.25) is 0 Å². The van der Waals surface area contributed by atoms with Crippen molar-refractivity contribution in [3.8, 4) is 0 Å². The van der Waals surface area contributed by atoms with Crippen molar-refractivity contribution in [1.29, 1.82) is 0 Å². The van der Waals surface area contributed by atoms with Crippen LogP contribution in [0.3, 0.4) is 0 Å². The predicted molar refractivity (Wildman–Crippen MR) is 82.6 cm³/mol. The Labute approximate surface area is 125 Å². The number of carboxylic acid groups (broad SMARTS) is 1. The van der Waals surface area contributed by atoms with Gasteiger partial charge in [0.15, 0.2) is 0 Å². The first-order valence-electron chi connectivity index (χ1n) is 6.73. The number of carbonyl (C=O) groups is 2. The second kappa shape index (κ2) is 7.08. The Kier molecular flexibility index (Phi) is 5.72. The van der Waals surface area contributed by atoms with Crippen LogP contribution in [0, 0.1) is 0 Å². The average Bonchev–Trinajstić information content (AvgIpc) is 2.43. The minimum Gasteiger partial charge on any atom is -0.480 e. The molecule has 2 N–H and O–H groups in total. The first kappa shape index (κ1) is 17.0. The van der Waals surface area contributed by atoms with Crippen LogP contribution in [0.1, 0.15) is 13.8 Å². The molecular formula is C15H23N3O3. The molecule has 0 spiro atoms. The summed E-state index contributed by atoms with van der Waals surface area (Å²) in [5, 5.41) is 11.8. The van der Waals surface area contributed by atoms with E-state index in [-0.39, 0.29) is 12.1 Å². The molecule has 0 aromatic heterocycles. The molecule has 0 aliphatic carbocycles. The van der Waals surface area contributed by atoms with Crippen LogP contribution in [-0.2, 0) is 4.79 Å². The number of carbonyl (C=O) groups excluding carboxylic acids is 1. The highest BCUT2D eigenvalue weighted by Crippen LogP contribution is 2.14. The maximum atomic E-state index is 12.3. The van der Waals surface area contributed by atoms with Crippen molar-refractivity contribution < 1.29 is 14.7 Å². The topological polar surface area (TPSA) is 72.9 Å².